The van der Waals surface area contributed by atoms with Gasteiger partial charge in [-0.1, -0.05) is 0 Å². The van der Waals surface area contributed by atoms with Crippen molar-refractivity contribution in [1.29, 1.82) is 0 Å². The number of piperidine rings is 1. The minimum Gasteiger partial charge on any atom is -0.461 e. The highest BCUT2D eigenvalue weighted by atomic mass is 32.1. The fourth-order valence-electron chi connectivity index (χ4n) is 3.16. The number of hydrogen-bond acceptors (Lipinski definition) is 6. The number of aromatic nitrogens is 1. The van der Waals surface area contributed by atoms with Gasteiger partial charge in [0.25, 0.3) is 0 Å². The van der Waals surface area contributed by atoms with Gasteiger partial charge in [-0.15, -0.1) is 11.3 Å². The molecular weight excluding hydrogens is 274 g/mol. The molecule has 0 amide bonds. The van der Waals surface area contributed by atoms with Gasteiger partial charge in [0.1, 0.15) is 0 Å². The lowest BCUT2D eigenvalue weighted by molar-refractivity contribution is 0.0525. The smallest absolute Gasteiger partial charge is 0.367 e. The standard InChI is InChI=1S/C14H21N3O2S/c1-2-19-14(18)13-16-11(9-20-13)7-17-6-10-4-3-5-15-12(10)8-17/h9-10,12,15H,2-8H2,1H3/t10-,12+/m0/s1. The van der Waals surface area contributed by atoms with Crippen molar-refractivity contribution in [1.82, 2.24) is 15.2 Å². The van der Waals surface area contributed by atoms with Crippen molar-refractivity contribution in [2.45, 2.75) is 32.4 Å². The Hall–Kier alpha value is -0.980. The zero-order valence-electron chi connectivity index (χ0n) is 11.8. The van der Waals surface area contributed by atoms with E-state index in [0.29, 0.717) is 17.7 Å². The number of nitrogens with one attached hydrogen (secondary N) is 1. The number of rotatable bonds is 4. The first-order chi connectivity index (χ1) is 9.76. The molecule has 2 aliphatic rings. The fourth-order valence-corrected chi connectivity index (χ4v) is 3.86. The number of esters is 1. The van der Waals surface area contributed by atoms with E-state index < -0.39 is 0 Å². The number of likely N-dealkylation sites (tertiary alicyclic amines) is 1. The normalized spacial score (nSPS) is 26.4. The van der Waals surface area contributed by atoms with Crippen molar-refractivity contribution in [2.24, 2.45) is 5.92 Å². The number of nitrogens with zero attached hydrogens (tertiary/aromatic N) is 2. The minimum absolute atomic E-state index is 0.305. The topological polar surface area (TPSA) is 54.5 Å². The fraction of sp³-hybridized carbons (Fsp3) is 0.714. The van der Waals surface area contributed by atoms with Crippen molar-refractivity contribution < 1.29 is 9.53 Å². The molecule has 0 spiro atoms. The quantitative estimate of drug-likeness (QED) is 0.853. The summed E-state index contributed by atoms with van der Waals surface area (Å²) >= 11 is 1.38. The van der Waals surface area contributed by atoms with Crippen LogP contribution >= 0.6 is 11.3 Å². The lowest BCUT2D eigenvalue weighted by Crippen LogP contribution is -2.40. The molecule has 3 rings (SSSR count). The van der Waals surface area contributed by atoms with E-state index >= 15 is 0 Å². The average Bonchev–Trinajstić information content (AvgIpc) is 3.05. The summed E-state index contributed by atoms with van der Waals surface area (Å²) in [7, 11) is 0. The summed E-state index contributed by atoms with van der Waals surface area (Å²) in [6, 6.07) is 0.645. The van der Waals surface area contributed by atoms with Gasteiger partial charge in [0.05, 0.1) is 12.3 Å². The zero-order chi connectivity index (χ0) is 13.9. The van der Waals surface area contributed by atoms with Crippen LogP contribution in [0.15, 0.2) is 5.38 Å². The number of hydrogen-bond donors (Lipinski definition) is 1. The van der Waals surface area contributed by atoms with Gasteiger partial charge in [0, 0.05) is 31.1 Å². The highest BCUT2D eigenvalue weighted by Crippen LogP contribution is 2.26. The van der Waals surface area contributed by atoms with Gasteiger partial charge in [-0.3, -0.25) is 4.90 Å². The molecule has 0 saturated carbocycles. The molecule has 110 valence electrons. The minimum atomic E-state index is -0.305. The third-order valence-electron chi connectivity index (χ3n) is 4.06. The van der Waals surface area contributed by atoms with Gasteiger partial charge in [-0.05, 0) is 32.2 Å². The molecule has 0 unspecified atom stereocenters. The predicted octanol–water partition coefficient (Wildman–Crippen LogP) is 1.50. The molecule has 0 bridgehead atoms. The molecule has 0 aliphatic carbocycles. The second-order valence-electron chi connectivity index (χ2n) is 5.52. The Balaban J connectivity index is 1.57. The van der Waals surface area contributed by atoms with Crippen LogP contribution < -0.4 is 5.32 Å². The third kappa shape index (κ3) is 3.02. The van der Waals surface area contributed by atoms with E-state index in [1.165, 1.54) is 24.2 Å². The Morgan fingerprint density at radius 2 is 2.50 bits per heavy atom. The molecule has 2 saturated heterocycles. The molecule has 2 atom stereocenters. The molecule has 2 aliphatic heterocycles. The maximum absolute atomic E-state index is 11.6. The van der Waals surface area contributed by atoms with Crippen LogP contribution in [-0.2, 0) is 11.3 Å². The second kappa shape index (κ2) is 6.20. The van der Waals surface area contributed by atoms with E-state index in [0.717, 1.165) is 37.8 Å². The molecule has 5 nitrogen and oxygen atoms in total. The van der Waals surface area contributed by atoms with Gasteiger partial charge in [0.2, 0.25) is 5.01 Å². The van der Waals surface area contributed by atoms with Crippen LogP contribution in [0, 0.1) is 5.92 Å². The molecule has 0 radical (unpaired) electrons. The molecule has 20 heavy (non-hydrogen) atoms. The van der Waals surface area contributed by atoms with E-state index in [1.807, 2.05) is 12.3 Å². The summed E-state index contributed by atoms with van der Waals surface area (Å²) in [6.07, 6.45) is 2.62. The zero-order valence-corrected chi connectivity index (χ0v) is 12.6. The SMILES string of the molecule is CCOC(=O)c1nc(CN2C[C@@H]3CCCN[C@@H]3C2)cs1. The summed E-state index contributed by atoms with van der Waals surface area (Å²) in [5.41, 5.74) is 0.983. The van der Waals surface area contributed by atoms with Crippen LogP contribution in [0.3, 0.4) is 0 Å². The number of carbonyl (C=O) groups excluding carboxylic acids is 1. The van der Waals surface area contributed by atoms with E-state index in [4.69, 9.17) is 4.74 Å². The first kappa shape index (κ1) is 14.0. The summed E-state index contributed by atoms with van der Waals surface area (Å²) < 4.78 is 4.97. The van der Waals surface area contributed by atoms with Gasteiger partial charge in [-0.25, -0.2) is 9.78 Å². The lowest BCUT2D eigenvalue weighted by atomic mass is 9.94. The molecule has 2 fully saturated rings. The summed E-state index contributed by atoms with van der Waals surface area (Å²) in [6.45, 7) is 6.43. The van der Waals surface area contributed by atoms with Crippen molar-refractivity contribution in [3.8, 4) is 0 Å². The van der Waals surface area contributed by atoms with Crippen LogP contribution in [0.4, 0.5) is 0 Å². The maximum Gasteiger partial charge on any atom is 0.367 e. The molecule has 1 aromatic heterocycles. The Labute approximate surface area is 123 Å². The van der Waals surface area contributed by atoms with Crippen molar-refractivity contribution in [3.63, 3.8) is 0 Å². The van der Waals surface area contributed by atoms with Crippen LogP contribution in [0.5, 0.6) is 0 Å². The van der Waals surface area contributed by atoms with Gasteiger partial charge >= 0.3 is 5.97 Å². The number of carbonyl (C=O) groups is 1. The number of fused-ring (bicyclic) bond motifs is 1. The van der Waals surface area contributed by atoms with E-state index in [-0.39, 0.29) is 5.97 Å². The van der Waals surface area contributed by atoms with E-state index in [2.05, 4.69) is 15.2 Å². The van der Waals surface area contributed by atoms with E-state index in [1.54, 1.807) is 0 Å². The number of ether oxygens (including phenoxy) is 1. The van der Waals surface area contributed by atoms with Crippen molar-refractivity contribution >= 4 is 17.3 Å². The third-order valence-corrected chi connectivity index (χ3v) is 4.93. The molecule has 6 heteroatoms. The molecule has 1 N–H and O–H groups in total. The van der Waals surface area contributed by atoms with Gasteiger partial charge in [0.15, 0.2) is 0 Å². The van der Waals surface area contributed by atoms with Crippen LogP contribution in [0.2, 0.25) is 0 Å². The summed E-state index contributed by atoms with van der Waals surface area (Å²) in [5, 5.41) is 6.05. The van der Waals surface area contributed by atoms with E-state index in [9.17, 15) is 4.79 Å². The van der Waals surface area contributed by atoms with Crippen LogP contribution in [0.25, 0.3) is 0 Å². The lowest BCUT2D eigenvalue weighted by Gasteiger charge is -2.24. The highest BCUT2D eigenvalue weighted by molar-refractivity contribution is 7.11. The Morgan fingerprint density at radius 3 is 3.30 bits per heavy atom. The average molecular weight is 295 g/mol. The van der Waals surface area contributed by atoms with Crippen LogP contribution in [-0.4, -0.2) is 48.1 Å². The molecule has 0 aromatic carbocycles. The van der Waals surface area contributed by atoms with Crippen molar-refractivity contribution in [2.75, 3.05) is 26.2 Å². The Bertz CT molecular complexity index is 463. The molecule has 3 heterocycles. The second-order valence-corrected chi connectivity index (χ2v) is 6.38. The Kier molecular flexibility index (Phi) is 4.33. The number of thiazole rings is 1. The molecule has 1 aromatic rings. The summed E-state index contributed by atoms with van der Waals surface area (Å²) in [5.74, 6) is 0.479. The Morgan fingerprint density at radius 1 is 1.60 bits per heavy atom. The van der Waals surface area contributed by atoms with Gasteiger partial charge in [-0.2, -0.15) is 0 Å². The van der Waals surface area contributed by atoms with Crippen molar-refractivity contribution in [3.05, 3.63) is 16.1 Å². The predicted molar refractivity (Wildman–Crippen MR) is 77.9 cm³/mol. The first-order valence-electron chi connectivity index (χ1n) is 7.33. The maximum atomic E-state index is 11.6. The van der Waals surface area contributed by atoms with Crippen LogP contribution in [0.1, 0.15) is 35.3 Å². The highest BCUT2D eigenvalue weighted by Gasteiger charge is 2.34. The first-order valence-corrected chi connectivity index (χ1v) is 8.21. The monoisotopic (exact) mass is 295 g/mol. The van der Waals surface area contributed by atoms with Gasteiger partial charge < -0.3 is 10.1 Å². The largest absolute Gasteiger partial charge is 0.461 e. The summed E-state index contributed by atoms with van der Waals surface area (Å²) in [4.78, 5) is 18.4. The molecular formula is C14H21N3O2S.